The third-order valence-corrected chi connectivity index (χ3v) is 3.83. The lowest BCUT2D eigenvalue weighted by atomic mass is 10.1. The van der Waals surface area contributed by atoms with Crippen LogP contribution in [0, 0.1) is 0 Å². The number of benzene rings is 1. The molecule has 1 amide bonds. The van der Waals surface area contributed by atoms with Crippen molar-refractivity contribution in [3.8, 4) is 0 Å². The number of allylic oxidation sites excluding steroid dienone is 1. The molecule has 0 radical (unpaired) electrons. The summed E-state index contributed by atoms with van der Waals surface area (Å²) in [5.41, 5.74) is 0.940. The molecule has 1 N–H and O–H groups in total. The largest absolute Gasteiger partial charge is 0.461 e. The molecule has 0 aliphatic carbocycles. The number of nitrogens with zero attached hydrogens (tertiary/aromatic N) is 1. The molecule has 1 aliphatic heterocycles. The van der Waals surface area contributed by atoms with Crippen LogP contribution in [0.1, 0.15) is 24.8 Å². The van der Waals surface area contributed by atoms with Gasteiger partial charge in [-0.2, -0.15) is 0 Å². The van der Waals surface area contributed by atoms with Crippen LogP contribution in [0.15, 0.2) is 43.0 Å². The molecule has 124 valence electrons. The van der Waals surface area contributed by atoms with Crippen LogP contribution in [0.3, 0.4) is 0 Å². The van der Waals surface area contributed by atoms with Crippen molar-refractivity contribution in [1.29, 1.82) is 0 Å². The Morgan fingerprint density at radius 3 is 2.91 bits per heavy atom. The van der Waals surface area contributed by atoms with Crippen LogP contribution in [0.4, 0.5) is 0 Å². The number of carbonyl (C=O) groups is 2. The first-order chi connectivity index (χ1) is 11.2. The fraction of sp³-hybridized carbons (Fsp3) is 0.444. The molecule has 1 fully saturated rings. The van der Waals surface area contributed by atoms with E-state index < -0.39 is 6.04 Å². The lowest BCUT2D eigenvalue weighted by Crippen LogP contribution is -2.55. The van der Waals surface area contributed by atoms with Gasteiger partial charge in [0.2, 0.25) is 5.91 Å². The van der Waals surface area contributed by atoms with Gasteiger partial charge < -0.3 is 15.0 Å². The maximum Gasteiger partial charge on any atom is 0.308 e. The molecule has 1 heterocycles. The predicted molar refractivity (Wildman–Crippen MR) is 88.7 cm³/mol. The molecule has 1 saturated heterocycles. The Morgan fingerprint density at radius 2 is 2.17 bits per heavy atom. The van der Waals surface area contributed by atoms with E-state index in [0.717, 1.165) is 18.4 Å². The zero-order valence-electron chi connectivity index (χ0n) is 13.4. The number of ether oxygens (including phenoxy) is 1. The molecule has 1 unspecified atom stereocenters. The van der Waals surface area contributed by atoms with Crippen molar-refractivity contribution in [2.24, 2.45) is 0 Å². The Balaban J connectivity index is 1.77. The molecule has 1 aromatic carbocycles. The average Bonchev–Trinajstić information content (AvgIpc) is 2.57. The van der Waals surface area contributed by atoms with E-state index in [2.05, 4.69) is 11.9 Å². The number of carbonyl (C=O) groups excluding carboxylic acids is 2. The summed E-state index contributed by atoms with van der Waals surface area (Å²) in [6.45, 7) is 6.03. The van der Waals surface area contributed by atoms with Gasteiger partial charge in [0.1, 0.15) is 6.61 Å². The van der Waals surface area contributed by atoms with Crippen molar-refractivity contribution in [1.82, 2.24) is 10.2 Å². The molecule has 1 atom stereocenters. The molecular weight excluding hydrogens is 292 g/mol. The van der Waals surface area contributed by atoms with Gasteiger partial charge in [0.15, 0.2) is 0 Å². The van der Waals surface area contributed by atoms with Crippen molar-refractivity contribution in [2.75, 3.05) is 19.6 Å². The van der Waals surface area contributed by atoms with Crippen LogP contribution in [0.25, 0.3) is 0 Å². The van der Waals surface area contributed by atoms with Crippen LogP contribution in [-0.2, 0) is 20.9 Å². The number of hydrogen-bond donors (Lipinski definition) is 1. The highest BCUT2D eigenvalue weighted by Crippen LogP contribution is 2.09. The highest BCUT2D eigenvalue weighted by molar-refractivity contribution is 5.87. The molecule has 0 saturated carbocycles. The summed E-state index contributed by atoms with van der Waals surface area (Å²) in [5.74, 6) is -0.371. The van der Waals surface area contributed by atoms with Gasteiger partial charge in [-0.3, -0.25) is 9.59 Å². The zero-order valence-corrected chi connectivity index (χ0v) is 13.4. The molecule has 1 aromatic rings. The highest BCUT2D eigenvalue weighted by atomic mass is 16.5. The Labute approximate surface area is 137 Å². The maximum absolute atomic E-state index is 12.4. The normalized spacial score (nSPS) is 17.8. The topological polar surface area (TPSA) is 58.6 Å². The molecule has 0 aromatic heterocycles. The fourth-order valence-corrected chi connectivity index (χ4v) is 2.56. The van der Waals surface area contributed by atoms with E-state index in [1.54, 1.807) is 0 Å². The summed E-state index contributed by atoms with van der Waals surface area (Å²) in [4.78, 5) is 26.1. The fourth-order valence-electron chi connectivity index (χ4n) is 2.56. The monoisotopic (exact) mass is 316 g/mol. The van der Waals surface area contributed by atoms with Gasteiger partial charge in [-0.25, -0.2) is 0 Å². The number of esters is 1. The minimum absolute atomic E-state index is 0.0167. The molecule has 23 heavy (non-hydrogen) atoms. The summed E-state index contributed by atoms with van der Waals surface area (Å²) in [7, 11) is 0. The van der Waals surface area contributed by atoms with Crippen LogP contribution < -0.4 is 5.32 Å². The van der Waals surface area contributed by atoms with Crippen LogP contribution in [0.5, 0.6) is 0 Å². The molecule has 2 rings (SSSR count). The molecule has 5 heteroatoms. The van der Waals surface area contributed by atoms with Gasteiger partial charge in [0.05, 0.1) is 12.5 Å². The second-order valence-electron chi connectivity index (χ2n) is 5.61. The first kappa shape index (κ1) is 17.2. The standard InChI is InChI=1S/C18H24N2O3/c1-2-3-7-11-20-12-10-19-16(18(20)22)13-17(21)23-14-15-8-5-4-6-9-15/h2,4-6,8-9,16,19H,1,3,7,10-14H2. The average molecular weight is 316 g/mol. The van der Waals surface area contributed by atoms with Crippen LogP contribution >= 0.6 is 0 Å². The van der Waals surface area contributed by atoms with Crippen molar-refractivity contribution >= 4 is 11.9 Å². The SMILES string of the molecule is C=CCCCN1CCNC(CC(=O)OCc2ccccc2)C1=O. The quantitative estimate of drug-likeness (QED) is 0.452. The van der Waals surface area contributed by atoms with Gasteiger partial charge >= 0.3 is 5.97 Å². The van der Waals surface area contributed by atoms with Crippen molar-refractivity contribution in [2.45, 2.75) is 31.9 Å². The van der Waals surface area contributed by atoms with E-state index in [1.807, 2.05) is 41.3 Å². The predicted octanol–water partition coefficient (Wildman–Crippen LogP) is 1.89. The van der Waals surface area contributed by atoms with Gasteiger partial charge in [-0.15, -0.1) is 6.58 Å². The minimum Gasteiger partial charge on any atom is -0.461 e. The van der Waals surface area contributed by atoms with E-state index in [9.17, 15) is 9.59 Å². The second-order valence-corrected chi connectivity index (χ2v) is 5.61. The molecule has 1 aliphatic rings. The van der Waals surface area contributed by atoms with E-state index >= 15 is 0 Å². The van der Waals surface area contributed by atoms with E-state index in [1.165, 1.54) is 0 Å². The maximum atomic E-state index is 12.4. The number of rotatable bonds is 8. The Morgan fingerprint density at radius 1 is 1.39 bits per heavy atom. The summed E-state index contributed by atoms with van der Waals surface area (Å²) < 4.78 is 5.25. The van der Waals surface area contributed by atoms with Gasteiger partial charge in [-0.1, -0.05) is 36.4 Å². The summed E-state index contributed by atoms with van der Waals surface area (Å²) in [5, 5.41) is 3.11. The van der Waals surface area contributed by atoms with Crippen molar-refractivity contribution < 1.29 is 14.3 Å². The first-order valence-corrected chi connectivity index (χ1v) is 8.03. The smallest absolute Gasteiger partial charge is 0.308 e. The van der Waals surface area contributed by atoms with Crippen LogP contribution in [-0.4, -0.2) is 42.5 Å². The zero-order chi connectivity index (χ0) is 16.5. The van der Waals surface area contributed by atoms with E-state index in [4.69, 9.17) is 4.74 Å². The summed E-state index contributed by atoms with van der Waals surface area (Å²) >= 11 is 0. The Hall–Kier alpha value is -2.14. The van der Waals surface area contributed by atoms with Crippen LogP contribution in [0.2, 0.25) is 0 Å². The van der Waals surface area contributed by atoms with Gasteiger partial charge in [0.25, 0.3) is 0 Å². The lowest BCUT2D eigenvalue weighted by Gasteiger charge is -2.32. The van der Waals surface area contributed by atoms with E-state index in [0.29, 0.717) is 19.6 Å². The first-order valence-electron chi connectivity index (χ1n) is 8.03. The number of hydrogen-bond acceptors (Lipinski definition) is 4. The molecule has 5 nitrogen and oxygen atoms in total. The second kappa shape index (κ2) is 9.10. The lowest BCUT2D eigenvalue weighted by molar-refractivity contribution is -0.149. The Kier molecular flexibility index (Phi) is 6.81. The third-order valence-electron chi connectivity index (χ3n) is 3.83. The number of nitrogens with one attached hydrogen (secondary N) is 1. The van der Waals surface area contributed by atoms with Gasteiger partial charge in [0, 0.05) is 19.6 Å². The molecule has 0 bridgehead atoms. The number of unbranched alkanes of at least 4 members (excludes halogenated alkanes) is 1. The minimum atomic E-state index is -0.476. The summed E-state index contributed by atoms with van der Waals surface area (Å²) in [6.07, 6.45) is 3.72. The number of piperazine rings is 1. The third kappa shape index (κ3) is 5.53. The molecular formula is C18H24N2O3. The number of amides is 1. The summed E-state index contributed by atoms with van der Waals surface area (Å²) in [6, 6.07) is 9.04. The van der Waals surface area contributed by atoms with Crippen molar-refractivity contribution in [3.63, 3.8) is 0 Å². The Bertz CT molecular complexity index is 530. The van der Waals surface area contributed by atoms with Crippen molar-refractivity contribution in [3.05, 3.63) is 48.6 Å². The van der Waals surface area contributed by atoms with E-state index in [-0.39, 0.29) is 24.9 Å². The van der Waals surface area contributed by atoms with Gasteiger partial charge in [-0.05, 0) is 18.4 Å². The highest BCUT2D eigenvalue weighted by Gasteiger charge is 2.30. The molecule has 0 spiro atoms.